The molecule has 3 heterocycles. The molecule has 1 aliphatic heterocycles. The van der Waals surface area contributed by atoms with Gasteiger partial charge in [-0.25, -0.2) is 9.37 Å². The van der Waals surface area contributed by atoms with Gasteiger partial charge in [0, 0.05) is 6.54 Å². The van der Waals surface area contributed by atoms with Crippen molar-refractivity contribution in [1.29, 1.82) is 0 Å². The molecule has 0 saturated carbocycles. The largest absolute Gasteiger partial charge is 0.415 e. The van der Waals surface area contributed by atoms with Crippen LogP contribution in [0.3, 0.4) is 0 Å². The first kappa shape index (κ1) is 26.1. The highest BCUT2D eigenvalue weighted by Crippen LogP contribution is 2.37. The molecule has 2 aromatic heterocycles. The van der Waals surface area contributed by atoms with E-state index in [1.54, 1.807) is 24.5 Å². The van der Waals surface area contributed by atoms with Crippen LogP contribution in [0.1, 0.15) is 55.2 Å². The summed E-state index contributed by atoms with van der Waals surface area (Å²) in [7, 11) is -1.90. The minimum atomic E-state index is -1.90. The van der Waals surface area contributed by atoms with Gasteiger partial charge in [0.15, 0.2) is 14.1 Å². The zero-order valence-electron chi connectivity index (χ0n) is 21.9. The Morgan fingerprint density at radius 2 is 2.06 bits per heavy atom. The van der Waals surface area contributed by atoms with Crippen molar-refractivity contribution in [2.24, 2.45) is 0 Å². The van der Waals surface area contributed by atoms with Gasteiger partial charge in [-0.3, -0.25) is 4.79 Å². The normalized spacial score (nSPS) is 14.9. The van der Waals surface area contributed by atoms with E-state index in [4.69, 9.17) is 4.43 Å². The highest BCUT2D eigenvalue weighted by atomic mass is 28.4. The molecule has 4 rings (SSSR count). The van der Waals surface area contributed by atoms with Crippen LogP contribution >= 0.6 is 0 Å². The second-order valence-corrected chi connectivity index (χ2v) is 15.7. The summed E-state index contributed by atoms with van der Waals surface area (Å²) < 4.78 is 23.0. The number of carbonyl (C=O) groups excluding carboxylic acids is 1. The van der Waals surface area contributed by atoms with Crippen LogP contribution in [-0.4, -0.2) is 47.1 Å². The predicted octanol–water partition coefficient (Wildman–Crippen LogP) is 4.96. The number of halogens is 1. The zero-order valence-corrected chi connectivity index (χ0v) is 22.9. The van der Waals surface area contributed by atoms with E-state index in [9.17, 15) is 9.18 Å². The van der Waals surface area contributed by atoms with Gasteiger partial charge in [-0.2, -0.15) is 0 Å². The Labute approximate surface area is 212 Å². The number of carbonyl (C=O) groups is 1. The maximum Gasteiger partial charge on any atom is 0.259 e. The van der Waals surface area contributed by atoms with Gasteiger partial charge in [0.1, 0.15) is 23.7 Å². The average Bonchev–Trinajstić information content (AvgIpc) is 3.32. The van der Waals surface area contributed by atoms with Crippen molar-refractivity contribution >= 4 is 20.0 Å². The third-order valence-electron chi connectivity index (χ3n) is 7.18. The molecule has 10 heteroatoms. The molecule has 1 aliphatic rings. The number of nitrogens with zero attached hydrogens (tertiary/aromatic N) is 4. The molecule has 0 unspecified atom stereocenters. The van der Waals surface area contributed by atoms with Gasteiger partial charge in [0.2, 0.25) is 0 Å². The van der Waals surface area contributed by atoms with Gasteiger partial charge in [0.25, 0.3) is 5.91 Å². The van der Waals surface area contributed by atoms with Crippen LogP contribution in [0.25, 0.3) is 11.5 Å². The van der Waals surface area contributed by atoms with E-state index >= 15 is 0 Å². The lowest BCUT2D eigenvalue weighted by atomic mass is 9.98. The number of hydrogen-bond acceptors (Lipinski definition) is 6. The Bertz CT molecular complexity index is 1250. The second kappa shape index (κ2) is 10.2. The standard InChI is InChI=1S/C26H35FN6O2Si/c1-17(15-35-36(5,6)26(2,3)4)33-16-29-32-24(33)22-8-7-9-23(30-22)31-25(34)20-12-19-14-28-11-10-18(19)13-21(20)27/h7-9,12-13,16-17,28H,10-11,14-15H2,1-6H3,(H,30,31,34)/t17-/m1/s1. The number of nitrogens with one attached hydrogen (secondary N) is 2. The highest BCUT2D eigenvalue weighted by molar-refractivity contribution is 6.74. The SMILES string of the molecule is C[C@H](CO[Si](C)(C)C(C)(C)C)n1cnnc1-c1cccc(NC(=O)c2cc3c(cc2F)CCNC3)n1. The van der Waals surface area contributed by atoms with Crippen molar-refractivity contribution in [2.45, 2.75) is 64.8 Å². The molecule has 0 saturated heterocycles. The summed E-state index contributed by atoms with van der Waals surface area (Å²) in [6, 6.07) is 8.33. The fourth-order valence-electron chi connectivity index (χ4n) is 3.86. The second-order valence-electron chi connectivity index (χ2n) is 10.9. The number of fused-ring (bicyclic) bond motifs is 1. The molecule has 36 heavy (non-hydrogen) atoms. The number of pyridine rings is 1. The summed E-state index contributed by atoms with van der Waals surface area (Å²) in [4.78, 5) is 17.5. The molecule has 1 atom stereocenters. The number of anilines is 1. The Morgan fingerprint density at radius 1 is 1.28 bits per heavy atom. The zero-order chi connectivity index (χ0) is 26.1. The van der Waals surface area contributed by atoms with Crippen molar-refractivity contribution in [3.05, 3.63) is 59.2 Å². The van der Waals surface area contributed by atoms with Gasteiger partial charge in [-0.1, -0.05) is 26.8 Å². The van der Waals surface area contributed by atoms with E-state index < -0.39 is 20.0 Å². The molecule has 0 spiro atoms. The summed E-state index contributed by atoms with van der Waals surface area (Å²) >= 11 is 0. The third kappa shape index (κ3) is 5.55. The van der Waals surface area contributed by atoms with Crippen molar-refractivity contribution in [2.75, 3.05) is 18.5 Å². The van der Waals surface area contributed by atoms with Gasteiger partial charge < -0.3 is 19.6 Å². The average molecular weight is 511 g/mol. The van der Waals surface area contributed by atoms with Crippen LogP contribution in [0.4, 0.5) is 10.2 Å². The summed E-state index contributed by atoms with van der Waals surface area (Å²) in [6.45, 7) is 15.1. The van der Waals surface area contributed by atoms with Crippen molar-refractivity contribution in [1.82, 2.24) is 25.1 Å². The summed E-state index contributed by atoms with van der Waals surface area (Å²) in [6.07, 6.45) is 2.41. The molecule has 192 valence electrons. The number of amides is 1. The Kier molecular flexibility index (Phi) is 7.40. The maximum atomic E-state index is 14.7. The lowest BCUT2D eigenvalue weighted by Gasteiger charge is -2.37. The van der Waals surface area contributed by atoms with Crippen LogP contribution < -0.4 is 10.6 Å². The van der Waals surface area contributed by atoms with Crippen molar-refractivity contribution in [3.63, 3.8) is 0 Å². The summed E-state index contributed by atoms with van der Waals surface area (Å²) in [5.74, 6) is -0.182. The van der Waals surface area contributed by atoms with Crippen LogP contribution in [0.5, 0.6) is 0 Å². The molecular weight excluding hydrogens is 475 g/mol. The summed E-state index contributed by atoms with van der Waals surface area (Å²) in [5, 5.41) is 14.5. The number of hydrogen-bond donors (Lipinski definition) is 2. The first-order chi connectivity index (χ1) is 17.0. The quantitative estimate of drug-likeness (QED) is 0.437. The van der Waals surface area contributed by atoms with Gasteiger partial charge in [-0.15, -0.1) is 10.2 Å². The topological polar surface area (TPSA) is 94.0 Å². The van der Waals surface area contributed by atoms with Crippen LogP contribution in [-0.2, 0) is 17.4 Å². The number of aromatic nitrogens is 4. The predicted molar refractivity (Wildman–Crippen MR) is 141 cm³/mol. The molecule has 0 fully saturated rings. The fraction of sp³-hybridized carbons (Fsp3) is 0.462. The smallest absolute Gasteiger partial charge is 0.259 e. The molecule has 1 amide bonds. The van der Waals surface area contributed by atoms with E-state index in [2.05, 4.69) is 66.6 Å². The van der Waals surface area contributed by atoms with Gasteiger partial charge >= 0.3 is 0 Å². The lowest BCUT2D eigenvalue weighted by Crippen LogP contribution is -2.42. The molecule has 8 nitrogen and oxygen atoms in total. The van der Waals surface area contributed by atoms with E-state index in [-0.39, 0.29) is 16.6 Å². The Morgan fingerprint density at radius 3 is 2.81 bits per heavy atom. The minimum Gasteiger partial charge on any atom is -0.415 e. The Hall–Kier alpha value is -2.95. The first-order valence-electron chi connectivity index (χ1n) is 12.3. The van der Waals surface area contributed by atoms with Crippen LogP contribution in [0.2, 0.25) is 18.1 Å². The molecule has 0 radical (unpaired) electrons. The molecule has 3 aromatic rings. The fourth-order valence-corrected chi connectivity index (χ4v) is 4.95. The molecule has 0 aliphatic carbocycles. The van der Waals surface area contributed by atoms with Crippen molar-refractivity contribution < 1.29 is 13.6 Å². The highest BCUT2D eigenvalue weighted by Gasteiger charge is 2.37. The summed E-state index contributed by atoms with van der Waals surface area (Å²) in [5.41, 5.74) is 2.44. The van der Waals surface area contributed by atoms with E-state index in [1.807, 2.05) is 10.6 Å². The first-order valence-corrected chi connectivity index (χ1v) is 15.2. The minimum absolute atomic E-state index is 0.00391. The molecular formula is C26H35FN6O2Si. The molecule has 0 bridgehead atoms. The Balaban J connectivity index is 1.51. The number of rotatable bonds is 7. The van der Waals surface area contributed by atoms with Crippen LogP contribution in [0, 0.1) is 5.82 Å². The van der Waals surface area contributed by atoms with E-state index in [0.717, 1.165) is 24.1 Å². The monoisotopic (exact) mass is 510 g/mol. The lowest BCUT2D eigenvalue weighted by molar-refractivity contribution is 0.102. The molecule has 1 aromatic carbocycles. The van der Waals surface area contributed by atoms with Gasteiger partial charge in [0.05, 0.1) is 18.2 Å². The third-order valence-corrected chi connectivity index (χ3v) is 11.7. The van der Waals surface area contributed by atoms with Crippen molar-refractivity contribution in [3.8, 4) is 11.5 Å². The van der Waals surface area contributed by atoms with Gasteiger partial charge in [-0.05, 0) is 73.4 Å². The van der Waals surface area contributed by atoms with E-state index in [1.165, 1.54) is 6.07 Å². The number of benzene rings is 1. The van der Waals surface area contributed by atoms with Crippen LogP contribution in [0.15, 0.2) is 36.7 Å². The maximum absolute atomic E-state index is 14.7. The van der Waals surface area contributed by atoms with E-state index in [0.29, 0.717) is 30.5 Å². The molecule has 2 N–H and O–H groups in total.